The molecule has 0 unspecified atom stereocenters. The fraction of sp³-hybridized carbons (Fsp3) is 0.0370. The average Bonchev–Trinajstić information content (AvgIpc) is 2.82. The molecule has 0 spiro atoms. The van der Waals surface area contributed by atoms with Crippen LogP contribution in [0.3, 0.4) is 0 Å². The second kappa shape index (κ2) is 9.70. The van der Waals surface area contributed by atoms with Crippen molar-refractivity contribution in [2.75, 3.05) is 16.4 Å². The van der Waals surface area contributed by atoms with Gasteiger partial charge in [0.1, 0.15) is 6.61 Å². The standard InChI is InChI=1S/C27H20Cl2N4O2/c28-17-11-18(29)13-21(12-17)32-27(34)35-15-16-9-19(30)14-20(10-16)31-26-22-5-1-3-7-24(22)33-25-8-4-2-6-23(25)26/h1-14H,15,30H2,(H,31,33)(H,32,34). The third kappa shape index (κ3) is 5.24. The molecule has 35 heavy (non-hydrogen) atoms. The lowest BCUT2D eigenvalue weighted by Crippen LogP contribution is -2.13. The highest BCUT2D eigenvalue weighted by Gasteiger charge is 2.11. The van der Waals surface area contributed by atoms with Gasteiger partial charge in [-0.25, -0.2) is 9.78 Å². The Morgan fingerprint density at radius 1 is 0.829 bits per heavy atom. The van der Waals surface area contributed by atoms with Gasteiger partial charge >= 0.3 is 6.09 Å². The van der Waals surface area contributed by atoms with E-state index in [4.69, 9.17) is 38.7 Å². The van der Waals surface area contributed by atoms with E-state index in [9.17, 15) is 4.79 Å². The highest BCUT2D eigenvalue weighted by Crippen LogP contribution is 2.33. The van der Waals surface area contributed by atoms with E-state index in [0.29, 0.717) is 21.4 Å². The number of fused-ring (bicyclic) bond motifs is 2. The molecule has 0 fully saturated rings. The summed E-state index contributed by atoms with van der Waals surface area (Å²) in [5.41, 5.74) is 11.4. The summed E-state index contributed by atoms with van der Waals surface area (Å²) >= 11 is 12.0. The minimum atomic E-state index is -0.633. The molecule has 4 aromatic carbocycles. The van der Waals surface area contributed by atoms with Crippen LogP contribution in [0.4, 0.5) is 27.5 Å². The molecule has 0 aliphatic heterocycles. The zero-order valence-electron chi connectivity index (χ0n) is 18.4. The quantitative estimate of drug-likeness (QED) is 0.168. The molecule has 1 heterocycles. The number of anilines is 4. The van der Waals surface area contributed by atoms with E-state index in [0.717, 1.165) is 38.7 Å². The Bertz CT molecular complexity index is 1500. The Morgan fingerprint density at radius 2 is 1.46 bits per heavy atom. The van der Waals surface area contributed by atoms with E-state index in [1.165, 1.54) is 0 Å². The van der Waals surface area contributed by atoms with Crippen LogP contribution in [0.15, 0.2) is 84.9 Å². The first-order valence-electron chi connectivity index (χ1n) is 10.8. The van der Waals surface area contributed by atoms with Gasteiger partial charge in [0.05, 0.1) is 16.7 Å². The third-order valence-corrected chi connectivity index (χ3v) is 5.79. The molecule has 0 radical (unpaired) electrons. The predicted octanol–water partition coefficient (Wildman–Crippen LogP) is 7.77. The van der Waals surface area contributed by atoms with Crippen molar-refractivity contribution in [3.63, 3.8) is 0 Å². The second-order valence-corrected chi connectivity index (χ2v) is 8.84. The van der Waals surface area contributed by atoms with Crippen molar-refractivity contribution < 1.29 is 9.53 Å². The number of nitrogens with one attached hydrogen (secondary N) is 2. The SMILES string of the molecule is Nc1cc(COC(=O)Nc2cc(Cl)cc(Cl)c2)cc(Nc2c3ccccc3nc3ccccc23)c1. The smallest absolute Gasteiger partial charge is 0.411 e. The highest BCUT2D eigenvalue weighted by atomic mass is 35.5. The molecule has 0 atom stereocenters. The molecule has 0 saturated carbocycles. The predicted molar refractivity (Wildman–Crippen MR) is 144 cm³/mol. The van der Waals surface area contributed by atoms with Crippen LogP contribution < -0.4 is 16.4 Å². The summed E-state index contributed by atoms with van der Waals surface area (Å²) in [5, 5.41) is 8.93. The number of nitrogens with zero attached hydrogens (tertiary/aromatic N) is 1. The van der Waals surface area contributed by atoms with Gasteiger partial charge in [-0.3, -0.25) is 5.32 Å². The highest BCUT2D eigenvalue weighted by molar-refractivity contribution is 6.35. The van der Waals surface area contributed by atoms with E-state index in [-0.39, 0.29) is 6.61 Å². The topological polar surface area (TPSA) is 89.3 Å². The Morgan fingerprint density at radius 3 is 2.11 bits per heavy atom. The number of benzene rings is 4. The van der Waals surface area contributed by atoms with Crippen molar-refractivity contribution >= 4 is 73.9 Å². The molecular weight excluding hydrogens is 483 g/mol. The molecular formula is C27H20Cl2N4O2. The number of hydrogen-bond acceptors (Lipinski definition) is 5. The molecule has 8 heteroatoms. The maximum absolute atomic E-state index is 12.3. The zero-order chi connectivity index (χ0) is 24.4. The number of rotatable bonds is 5. The summed E-state index contributed by atoms with van der Waals surface area (Å²) < 4.78 is 5.38. The van der Waals surface area contributed by atoms with Crippen LogP contribution in [0.25, 0.3) is 21.8 Å². The molecule has 0 aliphatic rings. The lowest BCUT2D eigenvalue weighted by atomic mass is 10.1. The van der Waals surface area contributed by atoms with Gasteiger partial charge in [-0.2, -0.15) is 0 Å². The molecule has 5 rings (SSSR count). The Kier molecular flexibility index (Phi) is 6.31. The van der Waals surface area contributed by atoms with Gasteiger partial charge in [0.25, 0.3) is 0 Å². The number of carbonyl (C=O) groups is 1. The van der Waals surface area contributed by atoms with Crippen molar-refractivity contribution in [1.29, 1.82) is 0 Å². The van der Waals surface area contributed by atoms with Crippen LogP contribution in [0.2, 0.25) is 10.0 Å². The molecule has 5 aromatic rings. The molecule has 6 nitrogen and oxygen atoms in total. The summed E-state index contributed by atoms with van der Waals surface area (Å²) in [6, 6.07) is 26.1. The number of amides is 1. The van der Waals surface area contributed by atoms with E-state index < -0.39 is 6.09 Å². The largest absolute Gasteiger partial charge is 0.444 e. The van der Waals surface area contributed by atoms with E-state index in [1.807, 2.05) is 60.7 Å². The summed E-state index contributed by atoms with van der Waals surface area (Å²) in [7, 11) is 0. The fourth-order valence-electron chi connectivity index (χ4n) is 3.92. The minimum absolute atomic E-state index is 0.0255. The van der Waals surface area contributed by atoms with Crippen LogP contribution in [0, 0.1) is 0 Å². The van der Waals surface area contributed by atoms with Crippen LogP contribution in [-0.2, 0) is 11.3 Å². The lowest BCUT2D eigenvalue weighted by Gasteiger charge is -2.15. The van der Waals surface area contributed by atoms with Crippen LogP contribution in [-0.4, -0.2) is 11.1 Å². The molecule has 0 saturated heterocycles. The maximum atomic E-state index is 12.3. The van der Waals surface area contributed by atoms with Gasteiger partial charge in [0.2, 0.25) is 0 Å². The zero-order valence-corrected chi connectivity index (χ0v) is 19.9. The second-order valence-electron chi connectivity index (χ2n) is 7.97. The Labute approximate surface area is 211 Å². The van der Waals surface area contributed by atoms with Crippen molar-refractivity contribution in [2.45, 2.75) is 6.61 Å². The van der Waals surface area contributed by atoms with Crippen molar-refractivity contribution in [3.05, 3.63) is 101 Å². The number of hydrogen-bond donors (Lipinski definition) is 3. The fourth-order valence-corrected chi connectivity index (χ4v) is 4.45. The van der Waals surface area contributed by atoms with Crippen molar-refractivity contribution in [1.82, 2.24) is 4.98 Å². The molecule has 0 bridgehead atoms. The molecule has 1 amide bonds. The van der Waals surface area contributed by atoms with E-state index in [1.54, 1.807) is 24.3 Å². The average molecular weight is 503 g/mol. The Balaban J connectivity index is 1.38. The lowest BCUT2D eigenvalue weighted by molar-refractivity contribution is 0.155. The summed E-state index contributed by atoms with van der Waals surface area (Å²) in [6.07, 6.45) is -0.633. The van der Waals surface area contributed by atoms with Gasteiger partial charge in [-0.05, 0) is 54.1 Å². The van der Waals surface area contributed by atoms with Gasteiger partial charge in [-0.1, -0.05) is 59.6 Å². The van der Waals surface area contributed by atoms with E-state index >= 15 is 0 Å². The Hall–Kier alpha value is -4.00. The summed E-state index contributed by atoms with van der Waals surface area (Å²) in [5.74, 6) is 0. The number of aromatic nitrogens is 1. The molecule has 174 valence electrons. The first-order valence-corrected chi connectivity index (χ1v) is 11.5. The van der Waals surface area contributed by atoms with Gasteiger partial charge < -0.3 is 15.8 Å². The molecule has 0 aliphatic carbocycles. The van der Waals surface area contributed by atoms with E-state index in [2.05, 4.69) is 10.6 Å². The summed E-state index contributed by atoms with van der Waals surface area (Å²) in [6.45, 7) is 0.0255. The number of ether oxygens (including phenoxy) is 1. The number of carbonyl (C=O) groups excluding carboxylic acids is 1. The number of halogens is 2. The van der Waals surface area contributed by atoms with Crippen molar-refractivity contribution in [2.24, 2.45) is 0 Å². The van der Waals surface area contributed by atoms with Crippen LogP contribution in [0.5, 0.6) is 0 Å². The van der Waals surface area contributed by atoms with Crippen molar-refractivity contribution in [3.8, 4) is 0 Å². The number of para-hydroxylation sites is 2. The first kappa shape index (κ1) is 22.8. The van der Waals surface area contributed by atoms with Crippen LogP contribution >= 0.6 is 23.2 Å². The molecule has 1 aromatic heterocycles. The molecule has 4 N–H and O–H groups in total. The monoisotopic (exact) mass is 502 g/mol. The number of nitrogen functional groups attached to an aromatic ring is 1. The van der Waals surface area contributed by atoms with Gasteiger partial charge in [-0.15, -0.1) is 0 Å². The van der Waals surface area contributed by atoms with Gasteiger partial charge in [0.15, 0.2) is 0 Å². The third-order valence-electron chi connectivity index (χ3n) is 5.35. The number of nitrogens with two attached hydrogens (primary N) is 1. The first-order chi connectivity index (χ1) is 16.9. The van der Waals surface area contributed by atoms with Gasteiger partial charge in [0, 0.05) is 37.9 Å². The number of pyridine rings is 1. The van der Waals surface area contributed by atoms with Crippen LogP contribution in [0.1, 0.15) is 5.56 Å². The minimum Gasteiger partial charge on any atom is -0.444 e. The maximum Gasteiger partial charge on any atom is 0.411 e. The summed E-state index contributed by atoms with van der Waals surface area (Å²) in [4.78, 5) is 17.1. The normalized spacial score (nSPS) is 10.9.